The highest BCUT2D eigenvalue weighted by molar-refractivity contribution is 5.34. The number of nitrogens with zero attached hydrogens (tertiary/aromatic N) is 4. The summed E-state index contributed by atoms with van der Waals surface area (Å²) >= 11 is 0. The maximum Gasteiger partial charge on any atom is 0.267 e. The predicted octanol–water partition coefficient (Wildman–Crippen LogP) is 0.740. The van der Waals surface area contributed by atoms with Gasteiger partial charge in [-0.2, -0.15) is 5.10 Å². The summed E-state index contributed by atoms with van der Waals surface area (Å²) in [6, 6.07) is 5.03. The lowest BCUT2D eigenvalue weighted by atomic mass is 10.4. The molecule has 0 aromatic carbocycles. The predicted molar refractivity (Wildman–Crippen MR) is 68.7 cm³/mol. The average Bonchev–Trinajstić information content (AvgIpc) is 2.33. The Hall–Kier alpha value is -2.24. The lowest BCUT2D eigenvalue weighted by molar-refractivity contribution is 0.604. The van der Waals surface area contributed by atoms with Crippen LogP contribution < -0.4 is 10.9 Å². The SMILES string of the molecule is CNc1cc(C)nc(Cn2nc(C)ccc2=O)n1. The minimum Gasteiger partial charge on any atom is -0.373 e. The van der Waals surface area contributed by atoms with Crippen molar-refractivity contribution in [2.75, 3.05) is 12.4 Å². The van der Waals surface area contributed by atoms with E-state index in [-0.39, 0.29) is 12.1 Å². The van der Waals surface area contributed by atoms with E-state index in [1.807, 2.05) is 19.9 Å². The van der Waals surface area contributed by atoms with E-state index in [4.69, 9.17) is 0 Å². The van der Waals surface area contributed by atoms with E-state index in [1.54, 1.807) is 13.1 Å². The molecule has 0 atom stereocenters. The van der Waals surface area contributed by atoms with Crippen molar-refractivity contribution in [3.05, 3.63) is 45.8 Å². The van der Waals surface area contributed by atoms with Crippen LogP contribution in [0.3, 0.4) is 0 Å². The van der Waals surface area contributed by atoms with E-state index in [0.717, 1.165) is 17.2 Å². The molecule has 0 aliphatic carbocycles. The molecular weight excluding hydrogens is 230 g/mol. The molecule has 0 spiro atoms. The van der Waals surface area contributed by atoms with Gasteiger partial charge in [0.05, 0.1) is 5.69 Å². The molecule has 2 aromatic heterocycles. The molecule has 0 unspecified atom stereocenters. The zero-order chi connectivity index (χ0) is 13.1. The van der Waals surface area contributed by atoms with Crippen molar-refractivity contribution in [2.24, 2.45) is 0 Å². The summed E-state index contributed by atoms with van der Waals surface area (Å²) in [5.41, 5.74) is 1.48. The highest BCUT2D eigenvalue weighted by atomic mass is 16.1. The molecule has 0 bridgehead atoms. The Balaban J connectivity index is 2.36. The molecule has 2 rings (SSSR count). The quantitative estimate of drug-likeness (QED) is 0.863. The number of aryl methyl sites for hydroxylation is 2. The third kappa shape index (κ3) is 2.71. The number of aromatic nitrogens is 4. The van der Waals surface area contributed by atoms with E-state index < -0.39 is 0 Å². The smallest absolute Gasteiger partial charge is 0.267 e. The molecule has 0 fully saturated rings. The van der Waals surface area contributed by atoms with Gasteiger partial charge in [0.1, 0.15) is 12.4 Å². The molecule has 0 amide bonds. The van der Waals surface area contributed by atoms with Gasteiger partial charge in [-0.3, -0.25) is 4.79 Å². The van der Waals surface area contributed by atoms with Gasteiger partial charge in [-0.1, -0.05) is 0 Å². The summed E-state index contributed by atoms with van der Waals surface area (Å²) in [6.07, 6.45) is 0. The summed E-state index contributed by atoms with van der Waals surface area (Å²) < 4.78 is 1.36. The van der Waals surface area contributed by atoms with Crippen molar-refractivity contribution in [1.29, 1.82) is 0 Å². The number of anilines is 1. The Kier molecular flexibility index (Phi) is 3.36. The number of rotatable bonds is 3. The van der Waals surface area contributed by atoms with E-state index in [1.165, 1.54) is 10.7 Å². The van der Waals surface area contributed by atoms with Gasteiger partial charge in [-0.05, 0) is 19.9 Å². The standard InChI is InChI=1S/C12H15N5O/c1-8-4-5-12(18)17(16-8)7-11-14-9(2)6-10(13-3)15-11/h4-6H,7H2,1-3H3,(H,13,14,15). The van der Waals surface area contributed by atoms with Gasteiger partial charge < -0.3 is 5.32 Å². The minimum atomic E-state index is -0.156. The number of nitrogens with one attached hydrogen (secondary N) is 1. The Bertz CT molecular complexity index is 620. The molecule has 2 heterocycles. The molecule has 1 N–H and O–H groups in total. The first kappa shape index (κ1) is 12.2. The van der Waals surface area contributed by atoms with Crippen LogP contribution in [0.25, 0.3) is 0 Å². The molecule has 94 valence electrons. The molecule has 6 nitrogen and oxygen atoms in total. The lowest BCUT2D eigenvalue weighted by Crippen LogP contribution is -2.24. The van der Waals surface area contributed by atoms with Crippen molar-refractivity contribution in [3.8, 4) is 0 Å². The molecule has 0 saturated heterocycles. The van der Waals surface area contributed by atoms with Gasteiger partial charge in [-0.25, -0.2) is 14.6 Å². The maximum absolute atomic E-state index is 11.6. The van der Waals surface area contributed by atoms with E-state index in [0.29, 0.717) is 5.82 Å². The molecule has 0 aliphatic rings. The van der Waals surface area contributed by atoms with Crippen molar-refractivity contribution >= 4 is 5.82 Å². The number of hydrogen-bond acceptors (Lipinski definition) is 5. The van der Waals surface area contributed by atoms with Crippen LogP contribution in [-0.2, 0) is 6.54 Å². The second kappa shape index (κ2) is 4.95. The van der Waals surface area contributed by atoms with Crippen LogP contribution >= 0.6 is 0 Å². The molecule has 0 saturated carbocycles. The lowest BCUT2D eigenvalue weighted by Gasteiger charge is -2.07. The van der Waals surface area contributed by atoms with Crippen LogP contribution in [0.1, 0.15) is 17.2 Å². The van der Waals surface area contributed by atoms with Gasteiger partial charge in [0.15, 0.2) is 5.82 Å². The molecule has 18 heavy (non-hydrogen) atoms. The van der Waals surface area contributed by atoms with Crippen LogP contribution in [0.15, 0.2) is 23.0 Å². The summed E-state index contributed by atoms with van der Waals surface area (Å²) in [4.78, 5) is 20.2. The normalized spacial score (nSPS) is 10.4. The zero-order valence-electron chi connectivity index (χ0n) is 10.6. The van der Waals surface area contributed by atoms with Gasteiger partial charge in [0.2, 0.25) is 0 Å². The minimum absolute atomic E-state index is 0.156. The monoisotopic (exact) mass is 245 g/mol. The fourth-order valence-electron chi connectivity index (χ4n) is 1.63. The van der Waals surface area contributed by atoms with Gasteiger partial charge in [-0.15, -0.1) is 0 Å². The average molecular weight is 245 g/mol. The van der Waals surface area contributed by atoms with E-state index in [9.17, 15) is 4.79 Å². The van der Waals surface area contributed by atoms with E-state index >= 15 is 0 Å². The maximum atomic E-state index is 11.6. The summed E-state index contributed by atoms with van der Waals surface area (Å²) in [6.45, 7) is 4.00. The fraction of sp³-hybridized carbons (Fsp3) is 0.333. The van der Waals surface area contributed by atoms with Crippen LogP contribution in [0.4, 0.5) is 5.82 Å². The van der Waals surface area contributed by atoms with Crippen molar-refractivity contribution in [3.63, 3.8) is 0 Å². The van der Waals surface area contributed by atoms with Crippen molar-refractivity contribution in [1.82, 2.24) is 19.7 Å². The molecular formula is C12H15N5O. The van der Waals surface area contributed by atoms with Gasteiger partial charge >= 0.3 is 0 Å². The Labute approximate surface area is 105 Å². The third-order valence-corrected chi connectivity index (χ3v) is 2.45. The van der Waals surface area contributed by atoms with Crippen LogP contribution in [0.5, 0.6) is 0 Å². The molecule has 0 aliphatic heterocycles. The summed E-state index contributed by atoms with van der Waals surface area (Å²) in [7, 11) is 1.79. The Morgan fingerprint density at radius 3 is 2.72 bits per heavy atom. The molecule has 6 heteroatoms. The van der Waals surface area contributed by atoms with Crippen molar-refractivity contribution in [2.45, 2.75) is 20.4 Å². The first-order chi connectivity index (χ1) is 8.58. The zero-order valence-corrected chi connectivity index (χ0v) is 10.6. The number of hydrogen-bond donors (Lipinski definition) is 1. The largest absolute Gasteiger partial charge is 0.373 e. The Morgan fingerprint density at radius 1 is 1.22 bits per heavy atom. The topological polar surface area (TPSA) is 72.7 Å². The van der Waals surface area contributed by atoms with E-state index in [2.05, 4.69) is 20.4 Å². The summed E-state index contributed by atoms with van der Waals surface area (Å²) in [5, 5.41) is 7.12. The Morgan fingerprint density at radius 2 is 2.00 bits per heavy atom. The van der Waals surface area contributed by atoms with Gasteiger partial charge in [0.25, 0.3) is 5.56 Å². The second-order valence-corrected chi connectivity index (χ2v) is 4.03. The fourth-order valence-corrected chi connectivity index (χ4v) is 1.63. The summed E-state index contributed by atoms with van der Waals surface area (Å²) in [5.74, 6) is 1.30. The third-order valence-electron chi connectivity index (χ3n) is 2.45. The molecule has 0 radical (unpaired) electrons. The van der Waals surface area contributed by atoms with Crippen LogP contribution in [-0.4, -0.2) is 26.8 Å². The van der Waals surface area contributed by atoms with Crippen LogP contribution in [0, 0.1) is 13.8 Å². The van der Waals surface area contributed by atoms with Crippen molar-refractivity contribution < 1.29 is 0 Å². The van der Waals surface area contributed by atoms with Crippen LogP contribution in [0.2, 0.25) is 0 Å². The first-order valence-corrected chi connectivity index (χ1v) is 5.65. The van der Waals surface area contributed by atoms with Gasteiger partial charge in [0, 0.05) is 24.9 Å². The highest BCUT2D eigenvalue weighted by Gasteiger charge is 2.05. The highest BCUT2D eigenvalue weighted by Crippen LogP contribution is 2.05. The first-order valence-electron chi connectivity index (χ1n) is 5.65. The molecule has 2 aromatic rings. The second-order valence-electron chi connectivity index (χ2n) is 4.03.